The second-order valence-corrected chi connectivity index (χ2v) is 6.54. The van der Waals surface area contributed by atoms with Crippen LogP contribution in [0.5, 0.6) is 0 Å². The summed E-state index contributed by atoms with van der Waals surface area (Å²) < 4.78 is 0. The number of hydrogen-bond acceptors (Lipinski definition) is 4. The van der Waals surface area contributed by atoms with Crippen LogP contribution in [0.2, 0.25) is 0 Å². The molecule has 2 aromatic carbocycles. The average molecular weight is 416 g/mol. The van der Waals surface area contributed by atoms with Gasteiger partial charge in [0.2, 0.25) is 0 Å². The van der Waals surface area contributed by atoms with Gasteiger partial charge in [0, 0.05) is 19.3 Å². The Bertz CT molecular complexity index is 816. The lowest BCUT2D eigenvalue weighted by Crippen LogP contribution is -2.45. The first-order valence-electron chi connectivity index (χ1n) is 9.20. The predicted molar refractivity (Wildman–Crippen MR) is 107 cm³/mol. The molecule has 160 valence electrons. The Morgan fingerprint density at radius 2 is 1.03 bits per heavy atom. The molecule has 0 amide bonds. The summed E-state index contributed by atoms with van der Waals surface area (Å²) in [6.07, 6.45) is 0.923. The third-order valence-electron chi connectivity index (χ3n) is 4.34. The maximum atomic E-state index is 11.7. The summed E-state index contributed by atoms with van der Waals surface area (Å²) in [5.41, 5.74) is -1.03. The lowest BCUT2D eigenvalue weighted by Gasteiger charge is -2.25. The van der Waals surface area contributed by atoms with E-state index in [0.717, 1.165) is 0 Å². The van der Waals surface area contributed by atoms with Gasteiger partial charge in [-0.1, -0.05) is 60.7 Å². The highest BCUT2D eigenvalue weighted by Crippen LogP contribution is 2.29. The molecule has 0 saturated heterocycles. The van der Waals surface area contributed by atoms with Gasteiger partial charge in [-0.25, -0.2) is 0 Å². The van der Waals surface area contributed by atoms with Crippen LogP contribution in [0.4, 0.5) is 0 Å². The van der Waals surface area contributed by atoms with E-state index in [0.29, 0.717) is 18.4 Å². The molecule has 2 aromatic rings. The second-order valence-electron chi connectivity index (χ2n) is 6.54. The summed E-state index contributed by atoms with van der Waals surface area (Å²) in [5.74, 6) is -4.46. The molecule has 0 heterocycles. The quantitative estimate of drug-likeness (QED) is 0.341. The zero-order valence-electron chi connectivity index (χ0n) is 16.2. The smallest absolute Gasteiger partial charge is 0.325 e. The molecule has 0 aromatic heterocycles. The van der Waals surface area contributed by atoms with Gasteiger partial charge in [0.25, 0.3) is 0 Å². The number of rotatable bonds is 10. The molecule has 0 aliphatic rings. The molecule has 8 nitrogen and oxygen atoms in total. The predicted octanol–water partition coefficient (Wildman–Crippen LogP) is 3.05. The van der Waals surface area contributed by atoms with Crippen molar-refractivity contribution < 1.29 is 39.6 Å². The van der Waals surface area contributed by atoms with Crippen molar-refractivity contribution in [3.8, 4) is 0 Å². The third-order valence-corrected chi connectivity index (χ3v) is 4.34. The van der Waals surface area contributed by atoms with Gasteiger partial charge in [-0.3, -0.25) is 19.2 Å². The second kappa shape index (κ2) is 12.0. The number of carbonyl (C=O) groups is 4. The molecule has 0 unspecified atom stereocenters. The van der Waals surface area contributed by atoms with E-state index in [1.807, 2.05) is 0 Å². The molecule has 0 spiro atoms. The van der Waals surface area contributed by atoms with E-state index in [2.05, 4.69) is 0 Å². The van der Waals surface area contributed by atoms with Gasteiger partial charge in [-0.15, -0.1) is 0 Å². The van der Waals surface area contributed by atoms with Crippen molar-refractivity contribution >= 4 is 23.9 Å². The van der Waals surface area contributed by atoms with Crippen molar-refractivity contribution in [3.63, 3.8) is 0 Å². The van der Waals surface area contributed by atoms with E-state index < -0.39 is 29.3 Å². The SMILES string of the molecule is O=C(O)C(Cc1ccccc1)(C(=O)O)c1ccccc1.O=C(O)CCCCC(=O)O. The van der Waals surface area contributed by atoms with Gasteiger partial charge in [0.05, 0.1) is 0 Å². The Morgan fingerprint density at radius 1 is 0.633 bits per heavy atom. The van der Waals surface area contributed by atoms with Crippen LogP contribution in [0.15, 0.2) is 60.7 Å². The van der Waals surface area contributed by atoms with Crippen molar-refractivity contribution in [2.24, 2.45) is 0 Å². The van der Waals surface area contributed by atoms with Crippen molar-refractivity contribution in [2.45, 2.75) is 37.5 Å². The molecule has 4 N–H and O–H groups in total. The topological polar surface area (TPSA) is 149 Å². The number of aliphatic carboxylic acids is 4. The Labute approximate surface area is 173 Å². The Kier molecular flexibility index (Phi) is 9.75. The van der Waals surface area contributed by atoms with Gasteiger partial charge in [0.15, 0.2) is 5.41 Å². The normalized spacial score (nSPS) is 10.4. The van der Waals surface area contributed by atoms with Gasteiger partial charge in [-0.2, -0.15) is 0 Å². The molecular weight excluding hydrogens is 392 g/mol. The molecule has 0 fully saturated rings. The fraction of sp³-hybridized carbons (Fsp3) is 0.273. The monoisotopic (exact) mass is 416 g/mol. The molecule has 0 radical (unpaired) electrons. The molecule has 30 heavy (non-hydrogen) atoms. The van der Waals surface area contributed by atoms with Crippen molar-refractivity contribution in [1.29, 1.82) is 0 Å². The molecule has 0 atom stereocenters. The molecule has 0 bridgehead atoms. The van der Waals surface area contributed by atoms with Crippen LogP contribution in [0.1, 0.15) is 36.8 Å². The van der Waals surface area contributed by atoms with E-state index >= 15 is 0 Å². The van der Waals surface area contributed by atoms with Crippen LogP contribution in [0.25, 0.3) is 0 Å². The summed E-state index contributed by atoms with van der Waals surface area (Å²) >= 11 is 0. The average Bonchev–Trinajstić information content (AvgIpc) is 2.70. The minimum absolute atomic E-state index is 0.0628. The van der Waals surface area contributed by atoms with Crippen LogP contribution in [-0.4, -0.2) is 44.3 Å². The highest BCUT2D eigenvalue weighted by molar-refractivity contribution is 6.05. The molecule has 0 aliphatic carbocycles. The van der Waals surface area contributed by atoms with Gasteiger partial charge < -0.3 is 20.4 Å². The molecule has 0 aliphatic heterocycles. The Morgan fingerprint density at radius 3 is 1.40 bits per heavy atom. The van der Waals surface area contributed by atoms with E-state index in [1.54, 1.807) is 48.5 Å². The molecule has 8 heteroatoms. The summed E-state index contributed by atoms with van der Waals surface area (Å²) in [6.45, 7) is 0. The van der Waals surface area contributed by atoms with Crippen LogP contribution < -0.4 is 0 Å². The molecule has 0 saturated carbocycles. The summed E-state index contributed by atoms with van der Waals surface area (Å²) in [6, 6.07) is 16.8. The zero-order chi connectivity index (χ0) is 22.6. The first-order valence-corrected chi connectivity index (χ1v) is 9.20. The van der Waals surface area contributed by atoms with Gasteiger partial charge in [0.1, 0.15) is 0 Å². The number of carboxylic acid groups (broad SMARTS) is 4. The van der Waals surface area contributed by atoms with E-state index in [1.165, 1.54) is 12.1 Å². The van der Waals surface area contributed by atoms with E-state index in [4.69, 9.17) is 10.2 Å². The lowest BCUT2D eigenvalue weighted by atomic mass is 9.75. The maximum absolute atomic E-state index is 11.7. The summed E-state index contributed by atoms with van der Waals surface area (Å²) in [4.78, 5) is 43.2. The van der Waals surface area contributed by atoms with E-state index in [-0.39, 0.29) is 24.8 Å². The van der Waals surface area contributed by atoms with Crippen molar-refractivity contribution in [1.82, 2.24) is 0 Å². The van der Waals surface area contributed by atoms with Crippen molar-refractivity contribution in [2.75, 3.05) is 0 Å². The Hall–Kier alpha value is -3.68. The standard InChI is InChI=1S/C16H14O4.C6H10O4/c17-14(18)16(15(19)20,13-9-5-2-6-10-13)11-12-7-3-1-4-8-12;7-5(8)3-1-2-4-6(9)10/h1-10H,11H2,(H,17,18)(H,19,20);1-4H2,(H,7,8)(H,9,10). The fourth-order valence-electron chi connectivity index (χ4n) is 2.77. The van der Waals surface area contributed by atoms with Crippen LogP contribution >= 0.6 is 0 Å². The minimum atomic E-state index is -1.97. The van der Waals surface area contributed by atoms with Crippen LogP contribution in [0.3, 0.4) is 0 Å². The molecule has 2 rings (SSSR count). The third kappa shape index (κ3) is 7.38. The highest BCUT2D eigenvalue weighted by Gasteiger charge is 2.48. The number of benzene rings is 2. The number of hydrogen-bond donors (Lipinski definition) is 4. The largest absolute Gasteiger partial charge is 0.481 e. The fourth-order valence-corrected chi connectivity index (χ4v) is 2.77. The minimum Gasteiger partial charge on any atom is -0.481 e. The summed E-state index contributed by atoms with van der Waals surface area (Å²) in [5, 5.41) is 35.3. The summed E-state index contributed by atoms with van der Waals surface area (Å²) in [7, 11) is 0. The highest BCUT2D eigenvalue weighted by atomic mass is 16.4. The maximum Gasteiger partial charge on any atom is 0.325 e. The van der Waals surface area contributed by atoms with Gasteiger partial charge >= 0.3 is 23.9 Å². The van der Waals surface area contributed by atoms with Crippen molar-refractivity contribution in [3.05, 3.63) is 71.8 Å². The first-order chi connectivity index (χ1) is 14.2. The van der Waals surface area contributed by atoms with E-state index in [9.17, 15) is 29.4 Å². The molecular formula is C22H24O8. The van der Waals surface area contributed by atoms with Gasteiger partial charge in [-0.05, 0) is 24.0 Å². The number of unbranched alkanes of at least 4 members (excludes halogenated alkanes) is 1. The Balaban J connectivity index is 0.000000382. The van der Waals surface area contributed by atoms with Crippen LogP contribution in [-0.2, 0) is 31.0 Å². The van der Waals surface area contributed by atoms with Crippen LogP contribution in [0, 0.1) is 0 Å². The first kappa shape index (κ1) is 24.4. The lowest BCUT2D eigenvalue weighted by molar-refractivity contribution is -0.157. The number of carboxylic acids is 4. The zero-order valence-corrected chi connectivity index (χ0v) is 16.2.